The van der Waals surface area contributed by atoms with Crippen molar-refractivity contribution in [3.63, 3.8) is 0 Å². The molecule has 4 heteroatoms. The second kappa shape index (κ2) is 3.59. The molecule has 0 saturated carbocycles. The molecule has 4 nitrogen and oxygen atoms in total. The van der Waals surface area contributed by atoms with E-state index in [4.69, 9.17) is 4.42 Å². The van der Waals surface area contributed by atoms with Gasteiger partial charge in [-0.2, -0.15) is 0 Å². The van der Waals surface area contributed by atoms with E-state index in [9.17, 15) is 5.11 Å². The number of aliphatic hydroxyl groups is 1. The van der Waals surface area contributed by atoms with Crippen LogP contribution in [0.5, 0.6) is 0 Å². The minimum absolute atomic E-state index is 0.541. The molecule has 2 rings (SSSR count). The lowest BCUT2D eigenvalue weighted by molar-refractivity contribution is 0.187. The first kappa shape index (κ1) is 8.90. The second-order valence-electron chi connectivity index (χ2n) is 3.04. The summed E-state index contributed by atoms with van der Waals surface area (Å²) < 4.78 is 5.17. The average molecular weight is 190 g/mol. The van der Waals surface area contributed by atoms with E-state index in [1.807, 2.05) is 13.0 Å². The number of rotatable bonds is 2. The molecule has 72 valence electrons. The maximum atomic E-state index is 9.89. The third-order valence-electron chi connectivity index (χ3n) is 2.05. The van der Waals surface area contributed by atoms with Gasteiger partial charge in [0.2, 0.25) is 0 Å². The van der Waals surface area contributed by atoms with Crippen molar-refractivity contribution in [2.24, 2.45) is 0 Å². The van der Waals surface area contributed by atoms with Crippen molar-refractivity contribution in [2.45, 2.75) is 13.0 Å². The first-order valence-electron chi connectivity index (χ1n) is 4.26. The summed E-state index contributed by atoms with van der Waals surface area (Å²) in [6.45, 7) is 1.88. The highest BCUT2D eigenvalue weighted by atomic mass is 16.4. The number of furan rings is 1. The van der Waals surface area contributed by atoms with Gasteiger partial charge in [0.15, 0.2) is 0 Å². The van der Waals surface area contributed by atoms with E-state index in [0.717, 1.165) is 5.56 Å². The Morgan fingerprint density at radius 2 is 2.07 bits per heavy atom. The largest absolute Gasteiger partial charge is 0.466 e. The van der Waals surface area contributed by atoms with Crippen LogP contribution in [0, 0.1) is 6.92 Å². The van der Waals surface area contributed by atoms with Gasteiger partial charge in [-0.1, -0.05) is 0 Å². The predicted molar refractivity (Wildman–Crippen MR) is 49.5 cm³/mol. The molecule has 0 aliphatic heterocycles. The van der Waals surface area contributed by atoms with Gasteiger partial charge in [-0.3, -0.25) is 0 Å². The lowest BCUT2D eigenvalue weighted by Gasteiger charge is -2.07. The molecule has 2 aromatic heterocycles. The topological polar surface area (TPSA) is 59.2 Å². The summed E-state index contributed by atoms with van der Waals surface area (Å²) in [6, 6.07) is 1.81. The van der Waals surface area contributed by atoms with Crippen LogP contribution >= 0.6 is 0 Å². The van der Waals surface area contributed by atoms with Gasteiger partial charge >= 0.3 is 0 Å². The van der Waals surface area contributed by atoms with Crippen molar-refractivity contribution in [2.75, 3.05) is 0 Å². The van der Waals surface area contributed by atoms with Crippen molar-refractivity contribution < 1.29 is 9.52 Å². The number of hydrogen-bond acceptors (Lipinski definition) is 4. The Kier molecular flexibility index (Phi) is 2.28. The molecule has 0 aliphatic rings. The Bertz CT molecular complexity index is 411. The van der Waals surface area contributed by atoms with E-state index < -0.39 is 6.10 Å². The summed E-state index contributed by atoms with van der Waals surface area (Å²) in [5, 5.41) is 9.89. The maximum absolute atomic E-state index is 9.89. The van der Waals surface area contributed by atoms with E-state index >= 15 is 0 Å². The van der Waals surface area contributed by atoms with Crippen LogP contribution in [0.4, 0.5) is 0 Å². The zero-order valence-electron chi connectivity index (χ0n) is 7.71. The highest BCUT2D eigenvalue weighted by molar-refractivity contribution is 5.25. The molecular formula is C10H10N2O2. The smallest absolute Gasteiger partial charge is 0.140 e. The summed E-state index contributed by atoms with van der Waals surface area (Å²) in [7, 11) is 0. The molecule has 1 N–H and O–H groups in total. The van der Waals surface area contributed by atoms with Crippen LogP contribution in [0.15, 0.2) is 35.5 Å². The SMILES string of the molecule is Cc1ccoc1C(O)c1cncnc1. The summed E-state index contributed by atoms with van der Waals surface area (Å²) >= 11 is 0. The highest BCUT2D eigenvalue weighted by Gasteiger charge is 2.16. The van der Waals surface area contributed by atoms with Gasteiger partial charge in [-0.05, 0) is 18.6 Å². The molecule has 0 aromatic carbocycles. The summed E-state index contributed by atoms with van der Waals surface area (Å²) in [5.74, 6) is 0.541. The first-order valence-corrected chi connectivity index (χ1v) is 4.26. The van der Waals surface area contributed by atoms with Gasteiger partial charge in [-0.15, -0.1) is 0 Å². The van der Waals surface area contributed by atoms with Crippen LogP contribution in [0.3, 0.4) is 0 Å². The van der Waals surface area contributed by atoms with Gasteiger partial charge < -0.3 is 9.52 Å². The molecule has 0 spiro atoms. The van der Waals surface area contributed by atoms with E-state index in [1.54, 1.807) is 18.7 Å². The normalized spacial score (nSPS) is 12.7. The summed E-state index contributed by atoms with van der Waals surface area (Å²) in [6.07, 6.45) is 5.33. The zero-order chi connectivity index (χ0) is 9.97. The van der Waals surface area contributed by atoms with E-state index in [1.165, 1.54) is 6.33 Å². The van der Waals surface area contributed by atoms with E-state index in [2.05, 4.69) is 9.97 Å². The molecule has 0 saturated heterocycles. The number of nitrogens with zero attached hydrogens (tertiary/aromatic N) is 2. The minimum atomic E-state index is -0.786. The molecule has 14 heavy (non-hydrogen) atoms. The van der Waals surface area contributed by atoms with Crippen molar-refractivity contribution >= 4 is 0 Å². The number of aromatic nitrogens is 2. The van der Waals surface area contributed by atoms with Crippen molar-refractivity contribution in [3.8, 4) is 0 Å². The molecule has 1 unspecified atom stereocenters. The Hall–Kier alpha value is -1.68. The van der Waals surface area contributed by atoms with Crippen molar-refractivity contribution in [1.29, 1.82) is 0 Å². The molecule has 1 atom stereocenters. The molecule has 0 amide bonds. The second-order valence-corrected chi connectivity index (χ2v) is 3.04. The Morgan fingerprint density at radius 1 is 1.36 bits per heavy atom. The molecule has 2 aromatic rings. The van der Waals surface area contributed by atoms with E-state index in [0.29, 0.717) is 11.3 Å². The molecule has 0 aliphatic carbocycles. The summed E-state index contributed by atoms with van der Waals surface area (Å²) in [5.41, 5.74) is 1.55. The molecule has 0 bridgehead atoms. The first-order chi connectivity index (χ1) is 6.79. The standard InChI is InChI=1S/C10H10N2O2/c1-7-2-3-14-10(7)9(13)8-4-11-6-12-5-8/h2-6,9,13H,1H3. The fourth-order valence-corrected chi connectivity index (χ4v) is 1.27. The third kappa shape index (κ3) is 1.52. The van der Waals surface area contributed by atoms with Gasteiger partial charge in [-0.25, -0.2) is 9.97 Å². The third-order valence-corrected chi connectivity index (χ3v) is 2.05. The average Bonchev–Trinajstić information content (AvgIpc) is 2.65. The maximum Gasteiger partial charge on any atom is 0.140 e. The monoisotopic (exact) mass is 190 g/mol. The van der Waals surface area contributed by atoms with Gasteiger partial charge in [0.25, 0.3) is 0 Å². The number of aryl methyl sites for hydroxylation is 1. The lowest BCUT2D eigenvalue weighted by Crippen LogP contribution is -2.00. The van der Waals surface area contributed by atoms with E-state index in [-0.39, 0.29) is 0 Å². The van der Waals surface area contributed by atoms with Crippen molar-refractivity contribution in [1.82, 2.24) is 9.97 Å². The Balaban J connectivity index is 2.34. The molecular weight excluding hydrogens is 180 g/mol. The van der Waals surface area contributed by atoms with Crippen LogP contribution in [0.25, 0.3) is 0 Å². The quantitative estimate of drug-likeness (QED) is 0.778. The van der Waals surface area contributed by atoms with Gasteiger partial charge in [0.05, 0.1) is 6.26 Å². The van der Waals surface area contributed by atoms with Crippen LogP contribution in [-0.2, 0) is 0 Å². The number of hydrogen-bond donors (Lipinski definition) is 1. The predicted octanol–water partition coefficient (Wildman–Crippen LogP) is 1.46. The fraction of sp³-hybridized carbons (Fsp3) is 0.200. The Labute approximate surface area is 81.2 Å². The number of aliphatic hydroxyl groups excluding tert-OH is 1. The Morgan fingerprint density at radius 3 is 2.64 bits per heavy atom. The highest BCUT2D eigenvalue weighted by Crippen LogP contribution is 2.23. The lowest BCUT2D eigenvalue weighted by atomic mass is 10.1. The minimum Gasteiger partial charge on any atom is -0.466 e. The van der Waals surface area contributed by atoms with Crippen LogP contribution in [-0.4, -0.2) is 15.1 Å². The zero-order valence-corrected chi connectivity index (χ0v) is 7.71. The van der Waals surface area contributed by atoms with Gasteiger partial charge in [0, 0.05) is 18.0 Å². The fourth-order valence-electron chi connectivity index (χ4n) is 1.27. The summed E-state index contributed by atoms with van der Waals surface area (Å²) in [4.78, 5) is 7.67. The van der Waals surface area contributed by atoms with Crippen LogP contribution in [0.2, 0.25) is 0 Å². The van der Waals surface area contributed by atoms with Crippen molar-refractivity contribution in [3.05, 3.63) is 47.9 Å². The van der Waals surface area contributed by atoms with Gasteiger partial charge in [0.1, 0.15) is 18.2 Å². The molecule has 0 radical (unpaired) electrons. The molecule has 2 heterocycles. The van der Waals surface area contributed by atoms with Crippen LogP contribution in [0.1, 0.15) is 23.0 Å². The molecule has 0 fully saturated rings. The van der Waals surface area contributed by atoms with Crippen LogP contribution < -0.4 is 0 Å².